The topological polar surface area (TPSA) is 51.6 Å². The molecule has 11 rings (SSSR count). The number of hydrogen-bond donors (Lipinski definition) is 0. The molecule has 8 bridgehead atoms. The molecule has 0 unspecified atom stereocenters. The van der Waals surface area contributed by atoms with Crippen molar-refractivity contribution < 1.29 is 0 Å². The Morgan fingerprint density at radius 1 is 0.548 bits per heavy atom. The number of nitrogens with zero attached hydrogens (tertiary/aromatic N) is 4. The van der Waals surface area contributed by atoms with Gasteiger partial charge in [0.2, 0.25) is 0 Å². The SMILES string of the molecule is c1ccc(CP(C23CC4CC(CC(C4)C2)C3)C23CC4CC(CC(C4)C2)C3)c(CP(c2cnccn2)c2cnccn2)c1. The van der Waals surface area contributed by atoms with E-state index in [0.29, 0.717) is 10.3 Å². The summed E-state index contributed by atoms with van der Waals surface area (Å²) in [5.74, 6) is 6.20. The van der Waals surface area contributed by atoms with Crippen LogP contribution in [-0.2, 0) is 12.3 Å². The van der Waals surface area contributed by atoms with E-state index in [-0.39, 0.29) is 7.92 Å². The summed E-state index contributed by atoms with van der Waals surface area (Å²) in [5, 5.41) is 1.31. The van der Waals surface area contributed by atoms with Crippen molar-refractivity contribution in [2.24, 2.45) is 35.5 Å². The first-order chi connectivity index (χ1) is 20.6. The van der Waals surface area contributed by atoms with Gasteiger partial charge in [-0.3, -0.25) is 19.9 Å². The van der Waals surface area contributed by atoms with Gasteiger partial charge in [0.25, 0.3) is 0 Å². The predicted molar refractivity (Wildman–Crippen MR) is 173 cm³/mol. The molecule has 6 heteroatoms. The van der Waals surface area contributed by atoms with Crippen LogP contribution in [0, 0.1) is 35.5 Å². The minimum Gasteiger partial charge on any atom is -0.261 e. The zero-order chi connectivity index (χ0) is 27.7. The van der Waals surface area contributed by atoms with Crippen molar-refractivity contribution in [3.05, 3.63) is 72.6 Å². The Kier molecular flexibility index (Phi) is 6.60. The van der Waals surface area contributed by atoms with Gasteiger partial charge in [0.15, 0.2) is 0 Å². The lowest BCUT2D eigenvalue weighted by atomic mass is 9.55. The Morgan fingerprint density at radius 3 is 1.33 bits per heavy atom. The Bertz CT molecular complexity index is 1270. The van der Waals surface area contributed by atoms with Gasteiger partial charge in [0.05, 0.1) is 23.3 Å². The molecule has 0 atom stereocenters. The highest BCUT2D eigenvalue weighted by Gasteiger charge is 2.62. The van der Waals surface area contributed by atoms with Gasteiger partial charge in [-0.15, -0.1) is 0 Å². The maximum atomic E-state index is 4.80. The lowest BCUT2D eigenvalue weighted by Gasteiger charge is -2.67. The summed E-state index contributed by atoms with van der Waals surface area (Å²) in [6, 6.07) is 9.56. The summed E-state index contributed by atoms with van der Waals surface area (Å²) >= 11 is 0. The van der Waals surface area contributed by atoms with Crippen LogP contribution >= 0.6 is 15.8 Å². The fourth-order valence-electron chi connectivity index (χ4n) is 12.0. The van der Waals surface area contributed by atoms with Gasteiger partial charge in [-0.05, 0) is 140 Å². The number of benzene rings is 1. The molecule has 8 fully saturated rings. The van der Waals surface area contributed by atoms with Crippen LogP contribution in [-0.4, -0.2) is 30.2 Å². The summed E-state index contributed by atoms with van der Waals surface area (Å²) < 4.78 is 0. The van der Waals surface area contributed by atoms with E-state index in [4.69, 9.17) is 9.97 Å². The minimum absolute atomic E-state index is 0.0836. The van der Waals surface area contributed by atoms with Gasteiger partial charge in [-0.2, -0.15) is 0 Å². The summed E-state index contributed by atoms with van der Waals surface area (Å²) in [5.41, 5.74) is 5.30. The third kappa shape index (κ3) is 4.61. The van der Waals surface area contributed by atoms with Crippen molar-refractivity contribution in [2.75, 3.05) is 0 Å². The zero-order valence-corrected chi connectivity index (χ0v) is 26.6. The van der Waals surface area contributed by atoms with Crippen LogP contribution in [0.1, 0.15) is 88.2 Å². The van der Waals surface area contributed by atoms with Crippen molar-refractivity contribution >= 4 is 26.7 Å². The van der Waals surface area contributed by atoms with Gasteiger partial charge in [-0.1, -0.05) is 32.2 Å². The van der Waals surface area contributed by atoms with Gasteiger partial charge in [0.1, 0.15) is 0 Å². The van der Waals surface area contributed by atoms with Crippen molar-refractivity contribution in [3.63, 3.8) is 0 Å². The highest BCUT2D eigenvalue weighted by Crippen LogP contribution is 2.79. The molecule has 0 aliphatic heterocycles. The minimum atomic E-state index is -0.762. The average Bonchev–Trinajstić information content (AvgIpc) is 2.98. The largest absolute Gasteiger partial charge is 0.261 e. The molecule has 3 aromatic rings. The van der Waals surface area contributed by atoms with Crippen LogP contribution in [0.3, 0.4) is 0 Å². The fraction of sp³-hybridized carbons (Fsp3) is 0.611. The Hall–Kier alpha value is -1.76. The van der Waals surface area contributed by atoms with E-state index in [1.165, 1.54) is 11.7 Å². The maximum absolute atomic E-state index is 4.80. The van der Waals surface area contributed by atoms with Crippen LogP contribution in [0.25, 0.3) is 0 Å². The normalized spacial score (nSPS) is 38.3. The quantitative estimate of drug-likeness (QED) is 0.250. The van der Waals surface area contributed by atoms with Gasteiger partial charge >= 0.3 is 0 Å². The molecule has 218 valence electrons. The molecule has 2 heterocycles. The maximum Gasteiger partial charge on any atom is 0.0877 e. The third-order valence-electron chi connectivity index (χ3n) is 12.6. The molecule has 0 N–H and O–H groups in total. The summed E-state index contributed by atoms with van der Waals surface area (Å²) in [6.07, 6.45) is 32.3. The molecule has 8 aliphatic carbocycles. The number of aromatic nitrogens is 4. The smallest absolute Gasteiger partial charge is 0.0877 e. The Balaban J connectivity index is 1.11. The molecule has 1 aromatic carbocycles. The van der Waals surface area contributed by atoms with Crippen LogP contribution in [0.15, 0.2) is 61.4 Å². The molecule has 0 spiro atoms. The van der Waals surface area contributed by atoms with Crippen molar-refractivity contribution in [1.82, 2.24) is 19.9 Å². The molecule has 0 radical (unpaired) electrons. The molecule has 0 saturated heterocycles. The van der Waals surface area contributed by atoms with E-state index < -0.39 is 7.92 Å². The molecule has 42 heavy (non-hydrogen) atoms. The van der Waals surface area contributed by atoms with Crippen LogP contribution < -0.4 is 10.9 Å². The lowest BCUT2D eigenvalue weighted by molar-refractivity contribution is 0.0184. The lowest BCUT2D eigenvalue weighted by Crippen LogP contribution is -2.56. The molecule has 4 nitrogen and oxygen atoms in total. The van der Waals surface area contributed by atoms with Crippen LogP contribution in [0.5, 0.6) is 0 Å². The van der Waals surface area contributed by atoms with Crippen LogP contribution in [0.2, 0.25) is 0 Å². The molecule has 8 saturated carbocycles. The molecular formula is C36H44N4P2. The summed E-state index contributed by atoms with van der Waals surface area (Å²) in [7, 11) is -0.846. The van der Waals surface area contributed by atoms with E-state index in [2.05, 4.69) is 34.2 Å². The number of hydrogen-bond acceptors (Lipinski definition) is 4. The molecular weight excluding hydrogens is 550 g/mol. The Morgan fingerprint density at radius 2 is 0.952 bits per heavy atom. The Labute approximate surface area is 253 Å². The first-order valence-electron chi connectivity index (χ1n) is 16.8. The van der Waals surface area contributed by atoms with Crippen LogP contribution in [0.4, 0.5) is 0 Å². The highest BCUT2D eigenvalue weighted by molar-refractivity contribution is 7.71. The zero-order valence-electron chi connectivity index (χ0n) is 24.8. The monoisotopic (exact) mass is 594 g/mol. The molecule has 8 aliphatic rings. The van der Waals surface area contributed by atoms with Gasteiger partial charge in [0, 0.05) is 38.9 Å². The van der Waals surface area contributed by atoms with Crippen molar-refractivity contribution in [2.45, 2.75) is 99.7 Å². The summed E-state index contributed by atoms with van der Waals surface area (Å²) in [6.45, 7) is 0. The first kappa shape index (κ1) is 26.6. The average molecular weight is 595 g/mol. The second kappa shape index (κ2) is 10.4. The van der Waals surface area contributed by atoms with E-state index in [0.717, 1.165) is 52.5 Å². The van der Waals surface area contributed by atoms with Crippen molar-refractivity contribution in [3.8, 4) is 0 Å². The van der Waals surface area contributed by atoms with Gasteiger partial charge in [-0.25, -0.2) is 0 Å². The van der Waals surface area contributed by atoms with Gasteiger partial charge < -0.3 is 0 Å². The second-order valence-corrected chi connectivity index (χ2v) is 20.5. The molecule has 0 amide bonds. The standard InChI is InChI=1S/C36H44N4P2/c1-2-4-32(31(3-1)23-41(33-21-37-5-7-39-33)34-22-38-6-8-40-34)24-42(35-15-25-9-26(16-35)11-27(10-25)17-35)36-18-28-12-29(19-36)14-30(13-28)20-36/h1-8,21-22,25-30H,9-20,23-24H2. The molecule has 2 aromatic heterocycles. The van der Waals surface area contributed by atoms with Crippen molar-refractivity contribution in [1.29, 1.82) is 0 Å². The highest BCUT2D eigenvalue weighted by atomic mass is 31.1. The third-order valence-corrected chi connectivity index (χ3v) is 18.9. The second-order valence-electron chi connectivity index (χ2n) is 15.4. The van der Waals surface area contributed by atoms with E-state index in [1.807, 2.05) is 24.8 Å². The first-order valence-corrected chi connectivity index (χ1v) is 19.8. The fourth-order valence-corrected chi connectivity index (χ4v) is 19.2. The van der Waals surface area contributed by atoms with E-state index in [1.54, 1.807) is 95.0 Å². The number of rotatable bonds is 8. The van der Waals surface area contributed by atoms with E-state index >= 15 is 0 Å². The van der Waals surface area contributed by atoms with E-state index in [9.17, 15) is 0 Å². The summed E-state index contributed by atoms with van der Waals surface area (Å²) in [4.78, 5) is 18.5. The predicted octanol–water partition coefficient (Wildman–Crippen LogP) is 7.82.